The van der Waals surface area contributed by atoms with Crippen molar-refractivity contribution in [2.24, 2.45) is 0 Å². The average Bonchev–Trinajstić information content (AvgIpc) is 2.40. The first-order valence-electron chi connectivity index (χ1n) is 6.46. The van der Waals surface area contributed by atoms with Crippen LogP contribution < -0.4 is 10.6 Å². The van der Waals surface area contributed by atoms with Crippen molar-refractivity contribution in [3.63, 3.8) is 0 Å². The van der Waals surface area contributed by atoms with Crippen molar-refractivity contribution >= 4 is 17.5 Å². The zero-order valence-electron chi connectivity index (χ0n) is 10.6. The van der Waals surface area contributed by atoms with Gasteiger partial charge in [0, 0.05) is 5.02 Å². The first kappa shape index (κ1) is 13.4. The molecule has 0 radical (unpaired) electrons. The zero-order chi connectivity index (χ0) is 13.0. The summed E-state index contributed by atoms with van der Waals surface area (Å²) in [6, 6.07) is 7.50. The maximum atomic E-state index is 12.1. The van der Waals surface area contributed by atoms with Crippen molar-refractivity contribution in [1.29, 1.82) is 0 Å². The predicted molar refractivity (Wildman–Crippen MR) is 73.7 cm³/mol. The molecule has 0 aliphatic carbocycles. The lowest BCUT2D eigenvalue weighted by molar-refractivity contribution is -0.124. The molecule has 1 saturated heterocycles. The van der Waals surface area contributed by atoms with Gasteiger partial charge in [0.2, 0.25) is 5.91 Å². The lowest BCUT2D eigenvalue weighted by Crippen LogP contribution is -2.47. The lowest BCUT2D eigenvalue weighted by atomic mass is 10.0. The third-order valence-corrected chi connectivity index (χ3v) is 3.70. The molecule has 2 rings (SSSR count). The van der Waals surface area contributed by atoms with E-state index in [0.29, 0.717) is 5.02 Å². The molecule has 2 atom stereocenters. The van der Waals surface area contributed by atoms with Gasteiger partial charge in [0.25, 0.3) is 0 Å². The van der Waals surface area contributed by atoms with Gasteiger partial charge in [0.1, 0.15) is 0 Å². The number of rotatable bonds is 3. The molecule has 1 aliphatic heterocycles. The summed E-state index contributed by atoms with van der Waals surface area (Å²) in [6.07, 6.45) is 3.19. The van der Waals surface area contributed by atoms with Crippen LogP contribution in [0.4, 0.5) is 0 Å². The molecule has 3 nitrogen and oxygen atoms in total. The summed E-state index contributed by atoms with van der Waals surface area (Å²) in [4.78, 5) is 12.1. The predicted octanol–water partition coefficient (Wildman–Crippen LogP) is 2.66. The highest BCUT2D eigenvalue weighted by molar-refractivity contribution is 6.31. The van der Waals surface area contributed by atoms with E-state index in [1.54, 1.807) is 0 Å². The van der Waals surface area contributed by atoms with E-state index in [-0.39, 0.29) is 18.0 Å². The molecule has 98 valence electrons. The fourth-order valence-electron chi connectivity index (χ4n) is 2.29. The minimum Gasteiger partial charge on any atom is -0.348 e. The van der Waals surface area contributed by atoms with E-state index in [9.17, 15) is 4.79 Å². The van der Waals surface area contributed by atoms with Crippen LogP contribution in [0.15, 0.2) is 24.3 Å². The third kappa shape index (κ3) is 3.24. The summed E-state index contributed by atoms with van der Waals surface area (Å²) >= 11 is 6.12. The molecule has 0 unspecified atom stereocenters. The Bertz CT molecular complexity index is 416. The van der Waals surface area contributed by atoms with Crippen molar-refractivity contribution in [2.75, 3.05) is 6.54 Å². The fourth-order valence-corrected chi connectivity index (χ4v) is 2.59. The highest BCUT2D eigenvalue weighted by Crippen LogP contribution is 2.22. The first-order chi connectivity index (χ1) is 8.68. The fraction of sp³-hybridized carbons (Fsp3) is 0.500. The highest BCUT2D eigenvalue weighted by atomic mass is 35.5. The van der Waals surface area contributed by atoms with Crippen LogP contribution in [0.2, 0.25) is 5.02 Å². The van der Waals surface area contributed by atoms with E-state index in [1.807, 2.05) is 31.2 Å². The molecule has 4 heteroatoms. The summed E-state index contributed by atoms with van der Waals surface area (Å²) in [7, 11) is 0. The van der Waals surface area contributed by atoms with Gasteiger partial charge >= 0.3 is 0 Å². The summed E-state index contributed by atoms with van der Waals surface area (Å²) in [5, 5.41) is 6.96. The van der Waals surface area contributed by atoms with Gasteiger partial charge in [-0.25, -0.2) is 0 Å². The molecule has 0 saturated carbocycles. The van der Waals surface area contributed by atoms with Crippen molar-refractivity contribution in [2.45, 2.75) is 38.3 Å². The molecule has 1 aromatic rings. The first-order valence-corrected chi connectivity index (χ1v) is 6.84. The lowest BCUT2D eigenvalue weighted by Gasteiger charge is -2.25. The van der Waals surface area contributed by atoms with E-state index in [0.717, 1.165) is 31.4 Å². The summed E-state index contributed by atoms with van der Waals surface area (Å²) in [5.41, 5.74) is 0.961. The molecular formula is C14H19ClN2O. The summed E-state index contributed by atoms with van der Waals surface area (Å²) in [5.74, 6) is 0.0714. The smallest absolute Gasteiger partial charge is 0.237 e. The number of carbonyl (C=O) groups is 1. The second-order valence-corrected chi connectivity index (χ2v) is 5.16. The van der Waals surface area contributed by atoms with E-state index >= 15 is 0 Å². The Labute approximate surface area is 113 Å². The van der Waals surface area contributed by atoms with Crippen LogP contribution in [0.5, 0.6) is 0 Å². The van der Waals surface area contributed by atoms with Gasteiger partial charge in [-0.3, -0.25) is 4.79 Å². The van der Waals surface area contributed by atoms with Crippen LogP contribution in [-0.2, 0) is 4.79 Å². The molecule has 1 amide bonds. The Kier molecular flexibility index (Phi) is 4.61. The van der Waals surface area contributed by atoms with Crippen LogP contribution in [0.3, 0.4) is 0 Å². The third-order valence-electron chi connectivity index (χ3n) is 3.36. The van der Waals surface area contributed by atoms with Gasteiger partial charge in [-0.1, -0.05) is 36.2 Å². The minimum atomic E-state index is -0.0603. The quantitative estimate of drug-likeness (QED) is 0.883. The Balaban J connectivity index is 1.96. The molecule has 1 aromatic carbocycles. The van der Waals surface area contributed by atoms with Crippen LogP contribution >= 0.6 is 11.6 Å². The molecule has 0 bridgehead atoms. The maximum Gasteiger partial charge on any atom is 0.237 e. The molecule has 0 aromatic heterocycles. The van der Waals surface area contributed by atoms with Crippen molar-refractivity contribution in [3.05, 3.63) is 34.9 Å². The molecule has 2 N–H and O–H groups in total. The molecule has 1 fully saturated rings. The normalized spacial score (nSPS) is 21.3. The number of nitrogens with one attached hydrogen (secondary N) is 2. The zero-order valence-corrected chi connectivity index (χ0v) is 11.3. The average molecular weight is 267 g/mol. The molecular weight excluding hydrogens is 248 g/mol. The Morgan fingerprint density at radius 2 is 2.22 bits per heavy atom. The van der Waals surface area contributed by atoms with Gasteiger partial charge < -0.3 is 10.6 Å². The molecule has 0 spiro atoms. The van der Waals surface area contributed by atoms with Gasteiger partial charge in [-0.15, -0.1) is 0 Å². The van der Waals surface area contributed by atoms with Gasteiger partial charge in [-0.2, -0.15) is 0 Å². The van der Waals surface area contributed by atoms with Crippen LogP contribution in [0, 0.1) is 0 Å². The number of halogens is 1. The van der Waals surface area contributed by atoms with Crippen LogP contribution in [0.1, 0.15) is 37.8 Å². The van der Waals surface area contributed by atoms with Gasteiger partial charge in [-0.05, 0) is 37.9 Å². The number of hydrogen-bond donors (Lipinski definition) is 2. The Hall–Kier alpha value is -1.06. The number of amides is 1. The molecule has 18 heavy (non-hydrogen) atoms. The van der Waals surface area contributed by atoms with Crippen molar-refractivity contribution < 1.29 is 4.79 Å². The number of piperidine rings is 1. The second-order valence-electron chi connectivity index (χ2n) is 4.75. The molecule has 1 aliphatic rings. The van der Waals surface area contributed by atoms with E-state index in [2.05, 4.69) is 10.6 Å². The SMILES string of the molecule is C[C@@H](NC(=O)[C@@H]1CCCCN1)c1ccccc1Cl. The van der Waals surface area contributed by atoms with Crippen LogP contribution in [0.25, 0.3) is 0 Å². The van der Waals surface area contributed by atoms with Crippen molar-refractivity contribution in [3.8, 4) is 0 Å². The summed E-state index contributed by atoms with van der Waals surface area (Å²) < 4.78 is 0. The number of benzene rings is 1. The number of hydrogen-bond acceptors (Lipinski definition) is 2. The van der Waals surface area contributed by atoms with Crippen LogP contribution in [-0.4, -0.2) is 18.5 Å². The van der Waals surface area contributed by atoms with E-state index < -0.39 is 0 Å². The molecule has 1 heterocycles. The monoisotopic (exact) mass is 266 g/mol. The standard InChI is InChI=1S/C14H19ClN2O/c1-10(11-6-2-3-7-12(11)15)17-14(18)13-8-4-5-9-16-13/h2-3,6-7,10,13,16H,4-5,8-9H2,1H3,(H,17,18)/t10-,13+/m1/s1. The van der Waals surface area contributed by atoms with E-state index in [1.165, 1.54) is 0 Å². The minimum absolute atomic E-state index is 0.0521. The Morgan fingerprint density at radius 1 is 1.44 bits per heavy atom. The number of carbonyl (C=O) groups excluding carboxylic acids is 1. The topological polar surface area (TPSA) is 41.1 Å². The van der Waals surface area contributed by atoms with Gasteiger partial charge in [0.05, 0.1) is 12.1 Å². The van der Waals surface area contributed by atoms with Crippen molar-refractivity contribution in [1.82, 2.24) is 10.6 Å². The Morgan fingerprint density at radius 3 is 2.89 bits per heavy atom. The van der Waals surface area contributed by atoms with E-state index in [4.69, 9.17) is 11.6 Å². The highest BCUT2D eigenvalue weighted by Gasteiger charge is 2.22. The van der Waals surface area contributed by atoms with Gasteiger partial charge in [0.15, 0.2) is 0 Å². The summed E-state index contributed by atoms with van der Waals surface area (Å²) in [6.45, 7) is 2.89. The largest absolute Gasteiger partial charge is 0.348 e. The second kappa shape index (κ2) is 6.21. The maximum absolute atomic E-state index is 12.1.